The zero-order valence-corrected chi connectivity index (χ0v) is 13.1. The van der Waals surface area contributed by atoms with Gasteiger partial charge in [-0.1, -0.05) is 20.8 Å². The molecule has 2 aliphatic carbocycles. The molecule has 0 bridgehead atoms. The standard InChI is InChI=1S/C17H23N3O/c1-10-4-5-17(6-10)11-9-18-20-15(11)19-12-7-16(2,3)8-13(21)14(12)17/h10,19H,4-9H2,1-3H3/t10-,17+/m0/s1. The number of Topliss-reactive ketones (excluding diaryl/α,β-unsaturated/α-hetero) is 1. The van der Waals surface area contributed by atoms with E-state index < -0.39 is 0 Å². The van der Waals surface area contributed by atoms with Gasteiger partial charge in [-0.15, -0.1) is 5.11 Å². The SMILES string of the molecule is C[C@H]1CC[C@@]2(C1)C1=C(N=NC1)NC1=C2C(=O)CC(C)(C)C1. The second-order valence-corrected chi connectivity index (χ2v) is 8.08. The third-order valence-electron chi connectivity index (χ3n) is 5.65. The minimum Gasteiger partial charge on any atom is -0.342 e. The van der Waals surface area contributed by atoms with Crippen LogP contribution in [0.25, 0.3) is 0 Å². The molecule has 1 spiro atoms. The van der Waals surface area contributed by atoms with Crippen LogP contribution >= 0.6 is 0 Å². The van der Waals surface area contributed by atoms with E-state index in [1.54, 1.807) is 0 Å². The molecule has 0 aromatic heterocycles. The molecule has 0 aromatic carbocycles. The summed E-state index contributed by atoms with van der Waals surface area (Å²) in [5, 5.41) is 12.0. The zero-order chi connectivity index (χ0) is 14.8. The lowest BCUT2D eigenvalue weighted by Gasteiger charge is -2.44. The minimum absolute atomic E-state index is 0.0438. The number of nitrogens with zero attached hydrogens (tertiary/aromatic N) is 2. The molecule has 1 fully saturated rings. The highest BCUT2D eigenvalue weighted by molar-refractivity contribution is 6.00. The van der Waals surface area contributed by atoms with E-state index in [9.17, 15) is 4.79 Å². The van der Waals surface area contributed by atoms with Gasteiger partial charge in [0.05, 0.1) is 6.54 Å². The number of allylic oxidation sites excluding steroid dienone is 2. The van der Waals surface area contributed by atoms with Crippen LogP contribution < -0.4 is 5.32 Å². The fourth-order valence-corrected chi connectivity index (χ4v) is 4.86. The van der Waals surface area contributed by atoms with Crippen LogP contribution in [-0.2, 0) is 4.79 Å². The highest BCUT2D eigenvalue weighted by Crippen LogP contribution is 2.58. The Bertz CT molecular complexity index is 626. The maximum atomic E-state index is 12.9. The Morgan fingerprint density at radius 3 is 2.81 bits per heavy atom. The van der Waals surface area contributed by atoms with E-state index in [0.29, 0.717) is 24.7 Å². The Kier molecular flexibility index (Phi) is 2.55. The van der Waals surface area contributed by atoms with E-state index in [-0.39, 0.29) is 10.8 Å². The van der Waals surface area contributed by atoms with Crippen molar-refractivity contribution >= 4 is 5.78 Å². The van der Waals surface area contributed by atoms with Crippen molar-refractivity contribution in [2.75, 3.05) is 6.54 Å². The van der Waals surface area contributed by atoms with Crippen molar-refractivity contribution in [1.29, 1.82) is 0 Å². The van der Waals surface area contributed by atoms with Gasteiger partial charge in [-0.05, 0) is 37.0 Å². The third-order valence-corrected chi connectivity index (χ3v) is 5.65. The number of carbonyl (C=O) groups excluding carboxylic acids is 1. The summed E-state index contributed by atoms with van der Waals surface area (Å²) in [6, 6.07) is 0. The first kappa shape index (κ1) is 13.2. The Labute approximate surface area is 125 Å². The van der Waals surface area contributed by atoms with E-state index in [1.165, 1.54) is 12.0 Å². The maximum absolute atomic E-state index is 12.9. The summed E-state index contributed by atoms with van der Waals surface area (Å²) in [5.41, 5.74) is 3.47. The largest absolute Gasteiger partial charge is 0.342 e. The molecule has 0 saturated heterocycles. The molecule has 0 amide bonds. The van der Waals surface area contributed by atoms with Gasteiger partial charge in [0.15, 0.2) is 11.6 Å². The predicted molar refractivity (Wildman–Crippen MR) is 80.4 cm³/mol. The second-order valence-electron chi connectivity index (χ2n) is 8.08. The first-order chi connectivity index (χ1) is 9.91. The summed E-state index contributed by atoms with van der Waals surface area (Å²) in [7, 11) is 0. The van der Waals surface area contributed by atoms with E-state index >= 15 is 0 Å². The molecular weight excluding hydrogens is 262 g/mol. The number of azo groups is 1. The molecule has 4 aliphatic rings. The molecule has 1 saturated carbocycles. The normalized spacial score (nSPS) is 37.1. The van der Waals surface area contributed by atoms with E-state index in [2.05, 4.69) is 36.3 Å². The van der Waals surface area contributed by atoms with Gasteiger partial charge in [0.1, 0.15) is 0 Å². The van der Waals surface area contributed by atoms with Gasteiger partial charge in [-0.25, -0.2) is 0 Å². The number of hydrogen-bond acceptors (Lipinski definition) is 4. The number of hydrogen-bond donors (Lipinski definition) is 1. The Morgan fingerprint density at radius 1 is 1.29 bits per heavy atom. The van der Waals surface area contributed by atoms with Crippen LogP contribution in [0.1, 0.15) is 52.9 Å². The number of fused-ring (bicyclic) bond motifs is 2. The van der Waals surface area contributed by atoms with Crippen LogP contribution in [0.4, 0.5) is 0 Å². The van der Waals surface area contributed by atoms with Crippen LogP contribution in [0.5, 0.6) is 0 Å². The van der Waals surface area contributed by atoms with E-state index in [0.717, 1.165) is 36.4 Å². The summed E-state index contributed by atoms with van der Waals surface area (Å²) < 4.78 is 0. The van der Waals surface area contributed by atoms with Crippen molar-refractivity contribution in [3.63, 3.8) is 0 Å². The molecule has 2 aliphatic heterocycles. The highest BCUT2D eigenvalue weighted by Gasteiger charge is 2.53. The molecule has 1 N–H and O–H groups in total. The smallest absolute Gasteiger partial charge is 0.162 e. The van der Waals surface area contributed by atoms with Crippen molar-refractivity contribution in [3.05, 3.63) is 22.7 Å². The molecule has 4 nitrogen and oxygen atoms in total. The highest BCUT2D eigenvalue weighted by atomic mass is 16.1. The summed E-state index contributed by atoms with van der Waals surface area (Å²) in [5.74, 6) is 1.96. The fraction of sp³-hybridized carbons (Fsp3) is 0.706. The van der Waals surface area contributed by atoms with Crippen molar-refractivity contribution in [2.45, 2.75) is 52.9 Å². The molecule has 0 aromatic rings. The molecule has 4 rings (SSSR count). The van der Waals surface area contributed by atoms with Crippen molar-refractivity contribution in [2.24, 2.45) is 27.0 Å². The lowest BCUT2D eigenvalue weighted by atomic mass is 9.62. The van der Waals surface area contributed by atoms with Crippen molar-refractivity contribution in [3.8, 4) is 0 Å². The monoisotopic (exact) mass is 285 g/mol. The third kappa shape index (κ3) is 1.77. The van der Waals surface area contributed by atoms with Gasteiger partial charge in [0.2, 0.25) is 0 Å². The molecule has 0 unspecified atom stereocenters. The molecular formula is C17H23N3O. The number of rotatable bonds is 0. The predicted octanol–water partition coefficient (Wildman–Crippen LogP) is 3.72. The molecule has 112 valence electrons. The Morgan fingerprint density at radius 2 is 2.10 bits per heavy atom. The lowest BCUT2D eigenvalue weighted by molar-refractivity contribution is -0.119. The van der Waals surface area contributed by atoms with Crippen molar-refractivity contribution in [1.82, 2.24) is 5.32 Å². The van der Waals surface area contributed by atoms with Crippen LogP contribution in [0.15, 0.2) is 32.9 Å². The van der Waals surface area contributed by atoms with Gasteiger partial charge in [-0.3, -0.25) is 4.79 Å². The summed E-state index contributed by atoms with van der Waals surface area (Å²) >= 11 is 0. The maximum Gasteiger partial charge on any atom is 0.162 e. The quantitative estimate of drug-likeness (QED) is 0.737. The van der Waals surface area contributed by atoms with E-state index in [1.807, 2.05) is 0 Å². The van der Waals surface area contributed by atoms with Crippen LogP contribution in [-0.4, -0.2) is 12.3 Å². The Balaban J connectivity index is 1.87. The first-order valence-corrected chi connectivity index (χ1v) is 8.06. The summed E-state index contributed by atoms with van der Waals surface area (Å²) in [4.78, 5) is 12.9. The second kappa shape index (κ2) is 4.05. The van der Waals surface area contributed by atoms with Crippen LogP contribution in [0.2, 0.25) is 0 Å². The van der Waals surface area contributed by atoms with Gasteiger partial charge >= 0.3 is 0 Å². The lowest BCUT2D eigenvalue weighted by Crippen LogP contribution is -2.42. The number of nitrogens with one attached hydrogen (secondary N) is 1. The van der Waals surface area contributed by atoms with Crippen LogP contribution in [0, 0.1) is 16.7 Å². The summed E-state index contributed by atoms with van der Waals surface area (Å²) in [6.07, 6.45) is 4.98. The number of carbonyl (C=O) groups is 1. The van der Waals surface area contributed by atoms with E-state index in [4.69, 9.17) is 0 Å². The molecule has 2 heterocycles. The van der Waals surface area contributed by atoms with Gasteiger partial charge in [-0.2, -0.15) is 5.11 Å². The van der Waals surface area contributed by atoms with Crippen molar-refractivity contribution < 1.29 is 4.79 Å². The van der Waals surface area contributed by atoms with Crippen LogP contribution in [0.3, 0.4) is 0 Å². The molecule has 0 radical (unpaired) electrons. The Hall–Kier alpha value is -1.45. The number of ketones is 1. The fourth-order valence-electron chi connectivity index (χ4n) is 4.86. The minimum atomic E-state index is -0.0631. The summed E-state index contributed by atoms with van der Waals surface area (Å²) in [6.45, 7) is 7.33. The zero-order valence-electron chi connectivity index (χ0n) is 13.1. The molecule has 4 heteroatoms. The average Bonchev–Trinajstić information content (AvgIpc) is 2.95. The van der Waals surface area contributed by atoms with Gasteiger partial charge in [0, 0.05) is 28.7 Å². The molecule has 2 atom stereocenters. The average molecular weight is 285 g/mol. The van der Waals surface area contributed by atoms with Gasteiger partial charge in [0.25, 0.3) is 0 Å². The first-order valence-electron chi connectivity index (χ1n) is 8.06. The number of dihydropyridines is 1. The topological polar surface area (TPSA) is 53.8 Å². The van der Waals surface area contributed by atoms with Gasteiger partial charge < -0.3 is 5.32 Å². The molecule has 21 heavy (non-hydrogen) atoms.